The molecule has 4 heteroatoms. The molecule has 0 aliphatic rings. The van der Waals surface area contributed by atoms with E-state index in [1.807, 2.05) is 0 Å². The van der Waals surface area contributed by atoms with E-state index in [-0.39, 0.29) is 0 Å². The number of para-hydroxylation sites is 1. The third-order valence-electron chi connectivity index (χ3n) is 10.7. The lowest BCUT2D eigenvalue weighted by molar-refractivity contribution is 1.16. The highest BCUT2D eigenvalue weighted by atomic mass is 15.0. The van der Waals surface area contributed by atoms with E-state index in [0.29, 0.717) is 0 Å². The zero-order valence-corrected chi connectivity index (χ0v) is 30.8. The molecule has 10 aromatic rings. The smallest absolute Gasteiger partial charge is 0.160 e. The first-order chi connectivity index (χ1) is 26.4. The fourth-order valence-corrected chi connectivity index (χ4v) is 8.15. The summed E-state index contributed by atoms with van der Waals surface area (Å²) in [6, 6.07) is 57.1. The van der Waals surface area contributed by atoms with Gasteiger partial charge in [-0.1, -0.05) is 101 Å². The molecular formula is C50H38N4. The summed E-state index contributed by atoms with van der Waals surface area (Å²) in [6.07, 6.45) is 0. The fraction of sp³-hybridized carbons (Fsp3) is 0.0800. The minimum atomic E-state index is 0.725. The molecule has 7 aromatic carbocycles. The summed E-state index contributed by atoms with van der Waals surface area (Å²) in [7, 11) is 0. The molecule has 0 aliphatic carbocycles. The molecule has 0 saturated heterocycles. The molecule has 4 nitrogen and oxygen atoms in total. The minimum absolute atomic E-state index is 0.725. The molecule has 0 fully saturated rings. The molecule has 0 amide bonds. The second kappa shape index (κ2) is 12.4. The zero-order valence-electron chi connectivity index (χ0n) is 30.8. The molecule has 0 radical (unpaired) electrons. The van der Waals surface area contributed by atoms with Crippen LogP contribution in [0.3, 0.4) is 0 Å². The molecule has 0 unspecified atom stereocenters. The van der Waals surface area contributed by atoms with Gasteiger partial charge in [0.05, 0.1) is 33.5 Å². The van der Waals surface area contributed by atoms with E-state index in [1.54, 1.807) is 0 Å². The van der Waals surface area contributed by atoms with Gasteiger partial charge in [-0.3, -0.25) is 0 Å². The molecule has 3 heterocycles. The predicted molar refractivity (Wildman–Crippen MR) is 226 cm³/mol. The van der Waals surface area contributed by atoms with Crippen molar-refractivity contribution < 1.29 is 0 Å². The summed E-state index contributed by atoms with van der Waals surface area (Å²) in [4.78, 5) is 10.2. The lowest BCUT2D eigenvalue weighted by Crippen LogP contribution is -1.98. The summed E-state index contributed by atoms with van der Waals surface area (Å²) in [5.74, 6) is 0.725. The number of hydrogen-bond donors (Lipinski definition) is 0. The van der Waals surface area contributed by atoms with Crippen LogP contribution in [0.1, 0.15) is 22.3 Å². The van der Waals surface area contributed by atoms with Gasteiger partial charge in [0.25, 0.3) is 0 Å². The summed E-state index contributed by atoms with van der Waals surface area (Å²) >= 11 is 0. The van der Waals surface area contributed by atoms with E-state index in [2.05, 4.69) is 195 Å². The number of nitrogens with zero attached hydrogens (tertiary/aromatic N) is 4. The van der Waals surface area contributed by atoms with Gasteiger partial charge in [-0.2, -0.15) is 0 Å². The van der Waals surface area contributed by atoms with E-state index in [4.69, 9.17) is 9.97 Å². The SMILES string of the molecule is Cc1cccc(-c2cc(-c3ccc(-n4c5ccccc5c5cc(-n6c7ccc(C)cc7c7cc(C)ccc76)ccc54)cc3)nc(-c3cccc(C)c3)n2)c1. The van der Waals surface area contributed by atoms with Crippen molar-refractivity contribution in [1.82, 2.24) is 19.1 Å². The van der Waals surface area contributed by atoms with Crippen LogP contribution in [-0.4, -0.2) is 19.1 Å². The first-order valence-electron chi connectivity index (χ1n) is 18.6. The monoisotopic (exact) mass is 694 g/mol. The third-order valence-corrected chi connectivity index (χ3v) is 10.7. The minimum Gasteiger partial charge on any atom is -0.309 e. The number of hydrogen-bond acceptors (Lipinski definition) is 2. The van der Waals surface area contributed by atoms with Crippen molar-refractivity contribution in [2.75, 3.05) is 0 Å². The highest BCUT2D eigenvalue weighted by Gasteiger charge is 2.18. The van der Waals surface area contributed by atoms with Crippen LogP contribution in [0.25, 0.3) is 88.9 Å². The van der Waals surface area contributed by atoms with Crippen molar-refractivity contribution in [1.29, 1.82) is 0 Å². The molecule has 0 saturated carbocycles. The van der Waals surface area contributed by atoms with Crippen molar-refractivity contribution >= 4 is 43.6 Å². The summed E-state index contributed by atoms with van der Waals surface area (Å²) in [5.41, 5.74) is 16.9. The Kier molecular flexibility index (Phi) is 7.34. The van der Waals surface area contributed by atoms with Crippen LogP contribution in [-0.2, 0) is 0 Å². The van der Waals surface area contributed by atoms with Gasteiger partial charge in [0, 0.05) is 49.6 Å². The molecule has 0 atom stereocenters. The normalized spacial score (nSPS) is 11.7. The second-order valence-electron chi connectivity index (χ2n) is 14.7. The fourth-order valence-electron chi connectivity index (χ4n) is 8.15. The van der Waals surface area contributed by atoms with Gasteiger partial charge in [0.15, 0.2) is 5.82 Å². The van der Waals surface area contributed by atoms with E-state index in [1.165, 1.54) is 65.9 Å². The second-order valence-corrected chi connectivity index (χ2v) is 14.7. The van der Waals surface area contributed by atoms with E-state index < -0.39 is 0 Å². The molecule has 0 N–H and O–H groups in total. The lowest BCUT2D eigenvalue weighted by atomic mass is 10.0. The van der Waals surface area contributed by atoms with Crippen LogP contribution in [0.2, 0.25) is 0 Å². The Morgan fingerprint density at radius 1 is 0.333 bits per heavy atom. The molecule has 3 aromatic heterocycles. The number of rotatable bonds is 5. The predicted octanol–water partition coefficient (Wildman–Crippen LogP) is 12.9. The van der Waals surface area contributed by atoms with Gasteiger partial charge in [-0.15, -0.1) is 0 Å². The summed E-state index contributed by atoms with van der Waals surface area (Å²) in [6.45, 7) is 8.57. The first kappa shape index (κ1) is 31.9. The Hall–Kier alpha value is -6.78. The van der Waals surface area contributed by atoms with Gasteiger partial charge >= 0.3 is 0 Å². The Morgan fingerprint density at radius 2 is 0.833 bits per heavy atom. The van der Waals surface area contributed by atoms with Crippen LogP contribution in [0.15, 0.2) is 158 Å². The highest BCUT2D eigenvalue weighted by Crippen LogP contribution is 2.38. The maximum Gasteiger partial charge on any atom is 0.160 e. The Bertz CT molecular complexity index is 2960. The lowest BCUT2D eigenvalue weighted by Gasteiger charge is -2.12. The van der Waals surface area contributed by atoms with Gasteiger partial charge in [0.2, 0.25) is 0 Å². The molecule has 0 bridgehead atoms. The molecule has 54 heavy (non-hydrogen) atoms. The topological polar surface area (TPSA) is 35.6 Å². The van der Waals surface area contributed by atoms with Gasteiger partial charge in [-0.05, 0) is 107 Å². The molecule has 258 valence electrons. The van der Waals surface area contributed by atoms with Crippen molar-refractivity contribution in [3.8, 4) is 45.3 Å². The Balaban J connectivity index is 1.11. The van der Waals surface area contributed by atoms with Crippen LogP contribution in [0.5, 0.6) is 0 Å². The van der Waals surface area contributed by atoms with E-state index in [9.17, 15) is 0 Å². The average Bonchev–Trinajstić information content (AvgIpc) is 3.69. The molecule has 0 spiro atoms. The number of benzene rings is 7. The van der Waals surface area contributed by atoms with Crippen molar-refractivity contribution in [2.24, 2.45) is 0 Å². The summed E-state index contributed by atoms with van der Waals surface area (Å²) in [5, 5.41) is 5.03. The Labute approximate surface area is 314 Å². The maximum atomic E-state index is 5.12. The van der Waals surface area contributed by atoms with Crippen LogP contribution >= 0.6 is 0 Å². The summed E-state index contributed by atoms with van der Waals surface area (Å²) < 4.78 is 4.80. The average molecular weight is 695 g/mol. The quantitative estimate of drug-likeness (QED) is 0.180. The van der Waals surface area contributed by atoms with Crippen molar-refractivity contribution in [3.05, 3.63) is 180 Å². The number of aromatic nitrogens is 4. The standard InChI is InChI=1S/C50H38N4/c1-31-9-7-11-36(25-31)45-30-44(51-50(52-45)37-12-8-10-32(2)26-37)35-17-19-38(20-18-35)53-46-14-6-5-13-40(46)43-29-39(21-24-49(43)53)54-47-22-15-33(3)27-41(47)42-28-34(4)16-23-48(42)54/h5-30H,1-4H3. The third kappa shape index (κ3) is 5.30. The number of aryl methyl sites for hydroxylation is 4. The van der Waals surface area contributed by atoms with Crippen molar-refractivity contribution in [3.63, 3.8) is 0 Å². The zero-order chi connectivity index (χ0) is 36.5. The van der Waals surface area contributed by atoms with Gasteiger partial charge < -0.3 is 9.13 Å². The van der Waals surface area contributed by atoms with Crippen LogP contribution < -0.4 is 0 Å². The maximum absolute atomic E-state index is 5.12. The first-order valence-corrected chi connectivity index (χ1v) is 18.6. The van der Waals surface area contributed by atoms with E-state index in [0.717, 1.165) is 45.3 Å². The molecular weight excluding hydrogens is 657 g/mol. The van der Waals surface area contributed by atoms with Gasteiger partial charge in [0.1, 0.15) is 0 Å². The van der Waals surface area contributed by atoms with Crippen LogP contribution in [0, 0.1) is 27.7 Å². The van der Waals surface area contributed by atoms with Gasteiger partial charge in [-0.25, -0.2) is 9.97 Å². The largest absolute Gasteiger partial charge is 0.309 e. The van der Waals surface area contributed by atoms with Crippen LogP contribution in [0.4, 0.5) is 0 Å². The Morgan fingerprint density at radius 3 is 1.50 bits per heavy atom. The number of fused-ring (bicyclic) bond motifs is 6. The van der Waals surface area contributed by atoms with E-state index >= 15 is 0 Å². The molecule has 10 rings (SSSR count). The molecule has 0 aliphatic heterocycles. The highest BCUT2D eigenvalue weighted by molar-refractivity contribution is 6.12. The van der Waals surface area contributed by atoms with Crippen molar-refractivity contribution in [2.45, 2.75) is 27.7 Å².